The number of halogens is 1. The summed E-state index contributed by atoms with van der Waals surface area (Å²) in [5.74, 6) is 0.126. The van der Waals surface area contributed by atoms with Crippen molar-refractivity contribution in [2.24, 2.45) is 11.7 Å². The van der Waals surface area contributed by atoms with E-state index in [9.17, 15) is 4.39 Å². The van der Waals surface area contributed by atoms with Crippen molar-refractivity contribution in [3.63, 3.8) is 0 Å². The molecule has 1 aromatic carbocycles. The predicted octanol–water partition coefficient (Wildman–Crippen LogP) is 2.98. The maximum absolute atomic E-state index is 14.0. The van der Waals surface area contributed by atoms with Crippen molar-refractivity contribution in [2.45, 2.75) is 33.2 Å². The highest BCUT2D eigenvalue weighted by atomic mass is 19.1. The average molecular weight is 251 g/mol. The van der Waals surface area contributed by atoms with Gasteiger partial charge in [0.1, 0.15) is 11.7 Å². The molecule has 18 heavy (non-hydrogen) atoms. The normalized spacial score (nSPS) is 12.6. The molecule has 0 aliphatic heterocycles. The Morgan fingerprint density at radius 2 is 2.00 bits per heavy atom. The van der Waals surface area contributed by atoms with Gasteiger partial charge in [-0.05, 0) is 37.5 Å². The van der Waals surface area contributed by atoms with Crippen molar-refractivity contribution in [3.8, 4) is 0 Å². The molecule has 0 amide bonds. The van der Waals surface area contributed by atoms with Gasteiger partial charge < -0.3 is 10.6 Å². The second kappa shape index (κ2) is 5.85. The largest absolute Gasteiger partial charge is 0.384 e. The van der Waals surface area contributed by atoms with E-state index in [-0.39, 0.29) is 17.7 Å². The van der Waals surface area contributed by atoms with Crippen LogP contribution in [0.4, 0.5) is 10.1 Å². The third-order valence-electron chi connectivity index (χ3n) is 3.11. The van der Waals surface area contributed by atoms with Crippen LogP contribution in [0.3, 0.4) is 0 Å². The summed E-state index contributed by atoms with van der Waals surface area (Å²) in [6, 6.07) is 4.95. The number of amidine groups is 1. The summed E-state index contributed by atoms with van der Waals surface area (Å²) in [6.07, 6.45) is 1.00. The number of anilines is 1. The molecule has 3 N–H and O–H groups in total. The Kier molecular flexibility index (Phi) is 4.70. The summed E-state index contributed by atoms with van der Waals surface area (Å²) in [5.41, 5.74) is 6.30. The summed E-state index contributed by atoms with van der Waals surface area (Å²) >= 11 is 0. The zero-order chi connectivity index (χ0) is 13.9. The third-order valence-corrected chi connectivity index (χ3v) is 3.11. The SMILES string of the molecule is CC(C)CC(C)N(C)c1ccc(C(=N)N)cc1F. The molecule has 1 unspecified atom stereocenters. The van der Waals surface area contributed by atoms with E-state index in [4.69, 9.17) is 11.1 Å². The lowest BCUT2D eigenvalue weighted by Gasteiger charge is -2.28. The third kappa shape index (κ3) is 3.45. The first-order valence-corrected chi connectivity index (χ1v) is 6.19. The number of hydrogen-bond acceptors (Lipinski definition) is 2. The highest BCUT2D eigenvalue weighted by Gasteiger charge is 2.15. The lowest BCUT2D eigenvalue weighted by Crippen LogP contribution is -2.30. The molecule has 1 atom stereocenters. The minimum atomic E-state index is -0.333. The molecule has 0 saturated heterocycles. The van der Waals surface area contributed by atoms with Gasteiger partial charge in [0.15, 0.2) is 0 Å². The van der Waals surface area contributed by atoms with Gasteiger partial charge in [-0.1, -0.05) is 13.8 Å². The van der Waals surface area contributed by atoms with Gasteiger partial charge in [-0.15, -0.1) is 0 Å². The molecule has 0 aromatic heterocycles. The molecule has 0 bridgehead atoms. The van der Waals surface area contributed by atoms with Crippen LogP contribution in [0.2, 0.25) is 0 Å². The maximum Gasteiger partial charge on any atom is 0.147 e. The summed E-state index contributed by atoms with van der Waals surface area (Å²) < 4.78 is 14.0. The fourth-order valence-corrected chi connectivity index (χ4v) is 2.04. The van der Waals surface area contributed by atoms with Crippen molar-refractivity contribution in [2.75, 3.05) is 11.9 Å². The predicted molar refractivity (Wildman–Crippen MR) is 74.7 cm³/mol. The van der Waals surface area contributed by atoms with Crippen molar-refractivity contribution in [1.82, 2.24) is 0 Å². The van der Waals surface area contributed by atoms with E-state index in [1.165, 1.54) is 6.07 Å². The van der Waals surface area contributed by atoms with Gasteiger partial charge in [-0.2, -0.15) is 0 Å². The van der Waals surface area contributed by atoms with E-state index < -0.39 is 0 Å². The molecule has 3 nitrogen and oxygen atoms in total. The van der Waals surface area contributed by atoms with E-state index in [1.54, 1.807) is 12.1 Å². The first-order valence-electron chi connectivity index (χ1n) is 6.19. The second-order valence-electron chi connectivity index (χ2n) is 5.17. The number of hydrogen-bond donors (Lipinski definition) is 2. The monoisotopic (exact) mass is 251 g/mol. The first-order chi connectivity index (χ1) is 8.32. The smallest absolute Gasteiger partial charge is 0.147 e. The second-order valence-corrected chi connectivity index (χ2v) is 5.17. The van der Waals surface area contributed by atoms with Crippen LogP contribution in [0.15, 0.2) is 18.2 Å². The topological polar surface area (TPSA) is 53.1 Å². The van der Waals surface area contributed by atoms with Crippen LogP contribution in [0, 0.1) is 17.1 Å². The Labute approximate surface area is 108 Å². The Hall–Kier alpha value is -1.58. The van der Waals surface area contributed by atoms with E-state index in [1.807, 2.05) is 11.9 Å². The first kappa shape index (κ1) is 14.5. The zero-order valence-corrected chi connectivity index (χ0v) is 11.5. The number of rotatable bonds is 5. The van der Waals surface area contributed by atoms with Gasteiger partial charge in [-0.25, -0.2) is 4.39 Å². The van der Waals surface area contributed by atoms with Gasteiger partial charge >= 0.3 is 0 Å². The van der Waals surface area contributed by atoms with Crippen LogP contribution in [-0.4, -0.2) is 18.9 Å². The van der Waals surface area contributed by atoms with Gasteiger partial charge in [0.2, 0.25) is 0 Å². The van der Waals surface area contributed by atoms with Gasteiger partial charge in [-0.3, -0.25) is 5.41 Å². The summed E-state index contributed by atoms with van der Waals surface area (Å²) in [5, 5.41) is 7.28. The summed E-state index contributed by atoms with van der Waals surface area (Å²) in [6.45, 7) is 6.39. The van der Waals surface area contributed by atoms with E-state index in [2.05, 4.69) is 20.8 Å². The van der Waals surface area contributed by atoms with Crippen molar-refractivity contribution in [1.29, 1.82) is 5.41 Å². The minimum Gasteiger partial charge on any atom is -0.384 e. The zero-order valence-electron chi connectivity index (χ0n) is 11.5. The number of nitrogens with two attached hydrogens (primary N) is 1. The molecule has 1 rings (SSSR count). The molecule has 100 valence electrons. The number of nitrogen functional groups attached to an aromatic ring is 1. The molecule has 0 heterocycles. The Morgan fingerprint density at radius 1 is 1.39 bits per heavy atom. The van der Waals surface area contributed by atoms with Crippen LogP contribution >= 0.6 is 0 Å². The van der Waals surface area contributed by atoms with Crippen LogP contribution in [0.25, 0.3) is 0 Å². The molecule has 0 saturated carbocycles. The fraction of sp³-hybridized carbons (Fsp3) is 0.500. The summed E-state index contributed by atoms with van der Waals surface area (Å²) in [7, 11) is 1.89. The molecule has 0 spiro atoms. The molecular weight excluding hydrogens is 229 g/mol. The molecule has 0 radical (unpaired) electrons. The molecule has 0 aliphatic carbocycles. The van der Waals surface area contributed by atoms with Gasteiger partial charge in [0, 0.05) is 18.7 Å². The molecule has 1 aromatic rings. The molecule has 4 heteroatoms. The number of benzene rings is 1. The standard InChI is InChI=1S/C14H22FN3/c1-9(2)7-10(3)18(4)13-6-5-11(14(16)17)8-12(13)15/h5-6,8-10H,7H2,1-4H3,(H3,16,17). The minimum absolute atomic E-state index is 0.113. The van der Waals surface area contributed by atoms with E-state index in [0.29, 0.717) is 17.2 Å². The Balaban J connectivity index is 2.92. The van der Waals surface area contributed by atoms with Gasteiger partial charge in [0.05, 0.1) is 5.69 Å². The Morgan fingerprint density at radius 3 is 2.44 bits per heavy atom. The maximum atomic E-state index is 14.0. The quantitative estimate of drug-likeness (QED) is 0.624. The van der Waals surface area contributed by atoms with E-state index >= 15 is 0 Å². The van der Waals surface area contributed by atoms with Crippen LogP contribution in [0.1, 0.15) is 32.8 Å². The molecular formula is C14H22FN3. The molecule has 0 fully saturated rings. The lowest BCUT2D eigenvalue weighted by molar-refractivity contribution is 0.498. The fourth-order valence-electron chi connectivity index (χ4n) is 2.04. The van der Waals surface area contributed by atoms with Crippen molar-refractivity contribution < 1.29 is 4.39 Å². The molecule has 0 aliphatic rings. The van der Waals surface area contributed by atoms with Crippen molar-refractivity contribution in [3.05, 3.63) is 29.6 Å². The Bertz CT molecular complexity index is 429. The number of nitrogens with one attached hydrogen (secondary N) is 1. The highest BCUT2D eigenvalue weighted by molar-refractivity contribution is 5.95. The summed E-state index contributed by atoms with van der Waals surface area (Å²) in [4.78, 5) is 1.93. The van der Waals surface area contributed by atoms with Crippen LogP contribution in [0.5, 0.6) is 0 Å². The lowest BCUT2D eigenvalue weighted by atomic mass is 10.0. The van der Waals surface area contributed by atoms with Crippen LogP contribution in [-0.2, 0) is 0 Å². The number of nitrogens with zero attached hydrogens (tertiary/aromatic N) is 1. The highest BCUT2D eigenvalue weighted by Crippen LogP contribution is 2.23. The van der Waals surface area contributed by atoms with E-state index in [0.717, 1.165) is 6.42 Å². The van der Waals surface area contributed by atoms with Crippen molar-refractivity contribution >= 4 is 11.5 Å². The average Bonchev–Trinajstić information content (AvgIpc) is 2.26. The van der Waals surface area contributed by atoms with Gasteiger partial charge in [0.25, 0.3) is 0 Å². The van der Waals surface area contributed by atoms with Crippen LogP contribution < -0.4 is 10.6 Å².